The van der Waals surface area contributed by atoms with Gasteiger partial charge in [-0.15, -0.1) is 0 Å². The predicted octanol–water partition coefficient (Wildman–Crippen LogP) is 2.91. The maximum atomic E-state index is 12.1. The summed E-state index contributed by atoms with van der Waals surface area (Å²) in [7, 11) is 0. The fourth-order valence-corrected chi connectivity index (χ4v) is 2.14. The molecule has 23 heavy (non-hydrogen) atoms. The quantitative estimate of drug-likeness (QED) is 0.786. The smallest absolute Gasteiger partial charge is 0.387 e. The Labute approximate surface area is 130 Å². The molecule has 5 nitrogen and oxygen atoms in total. The van der Waals surface area contributed by atoms with E-state index in [0.29, 0.717) is 23.6 Å². The van der Waals surface area contributed by atoms with Crippen LogP contribution in [0.4, 0.5) is 14.5 Å². The third-order valence-electron chi connectivity index (χ3n) is 3.18. The lowest BCUT2D eigenvalue weighted by atomic mass is 10.3. The highest BCUT2D eigenvalue weighted by Gasteiger charge is 2.04. The third-order valence-corrected chi connectivity index (χ3v) is 3.18. The Hall–Kier alpha value is -2.96. The Bertz CT molecular complexity index is 863. The molecule has 0 saturated carbocycles. The zero-order valence-electron chi connectivity index (χ0n) is 11.9. The van der Waals surface area contributed by atoms with Gasteiger partial charge in [0.1, 0.15) is 11.4 Å². The molecule has 0 aliphatic heterocycles. The van der Waals surface area contributed by atoms with Crippen LogP contribution < -0.4 is 15.6 Å². The number of hydrogen-bond donors (Lipinski definition) is 1. The first-order chi connectivity index (χ1) is 11.1. The Morgan fingerprint density at radius 2 is 1.96 bits per heavy atom. The molecule has 0 spiro atoms. The fraction of sp³-hybridized carbons (Fsp3) is 0.125. The summed E-state index contributed by atoms with van der Waals surface area (Å²) in [5.74, 6) is 0.0904. The van der Waals surface area contributed by atoms with Crippen LogP contribution in [0.2, 0.25) is 0 Å². The number of alkyl halides is 2. The van der Waals surface area contributed by atoms with Crippen LogP contribution >= 0.6 is 0 Å². The van der Waals surface area contributed by atoms with Gasteiger partial charge in [-0.05, 0) is 36.4 Å². The standard InChI is InChI=1S/C16H13F2N3O2/c17-16(18)23-13-6-4-11(5-7-13)19-10-12-9-15(22)21-8-2-1-3-14(21)20-12/h1-9,16,19H,10H2. The van der Waals surface area contributed by atoms with Crippen LogP contribution in [0.3, 0.4) is 0 Å². The van der Waals surface area contributed by atoms with Crippen LogP contribution in [0.1, 0.15) is 5.69 Å². The molecule has 0 unspecified atom stereocenters. The van der Waals surface area contributed by atoms with Crippen molar-refractivity contribution in [3.05, 3.63) is 70.8 Å². The van der Waals surface area contributed by atoms with Crippen molar-refractivity contribution in [2.45, 2.75) is 13.2 Å². The number of fused-ring (bicyclic) bond motifs is 1. The van der Waals surface area contributed by atoms with Gasteiger partial charge in [-0.25, -0.2) is 4.98 Å². The highest BCUT2D eigenvalue weighted by atomic mass is 19.3. The lowest BCUT2D eigenvalue weighted by Crippen LogP contribution is -2.16. The normalized spacial score (nSPS) is 10.9. The molecule has 118 valence electrons. The van der Waals surface area contributed by atoms with Crippen LogP contribution in [-0.4, -0.2) is 16.0 Å². The van der Waals surface area contributed by atoms with Crippen molar-refractivity contribution in [3.63, 3.8) is 0 Å². The minimum atomic E-state index is -2.84. The summed E-state index contributed by atoms with van der Waals surface area (Å²) < 4.78 is 29.9. The number of pyridine rings is 1. The number of rotatable bonds is 5. The van der Waals surface area contributed by atoms with Crippen LogP contribution in [-0.2, 0) is 6.54 Å². The number of ether oxygens (including phenoxy) is 1. The molecule has 0 atom stereocenters. The van der Waals surface area contributed by atoms with E-state index in [1.165, 1.54) is 22.6 Å². The molecule has 0 radical (unpaired) electrons. The summed E-state index contributed by atoms with van der Waals surface area (Å²) in [6.07, 6.45) is 1.66. The van der Waals surface area contributed by atoms with E-state index in [0.717, 1.165) is 0 Å². The number of aromatic nitrogens is 2. The molecule has 3 rings (SSSR count). The van der Waals surface area contributed by atoms with Crippen molar-refractivity contribution in [2.75, 3.05) is 5.32 Å². The highest BCUT2D eigenvalue weighted by molar-refractivity contribution is 5.47. The minimum absolute atomic E-state index is 0.0904. The second kappa shape index (κ2) is 6.43. The lowest BCUT2D eigenvalue weighted by Gasteiger charge is -2.08. The van der Waals surface area contributed by atoms with Gasteiger partial charge in [0.25, 0.3) is 5.56 Å². The zero-order valence-corrected chi connectivity index (χ0v) is 11.9. The molecule has 0 saturated heterocycles. The molecule has 2 heterocycles. The number of nitrogens with one attached hydrogen (secondary N) is 1. The average molecular weight is 317 g/mol. The summed E-state index contributed by atoms with van der Waals surface area (Å²) in [6.45, 7) is -2.50. The molecule has 0 fully saturated rings. The molecule has 2 aromatic heterocycles. The molecule has 0 amide bonds. The van der Waals surface area contributed by atoms with Gasteiger partial charge in [0.2, 0.25) is 0 Å². The number of hydrogen-bond acceptors (Lipinski definition) is 4. The summed E-state index contributed by atoms with van der Waals surface area (Å²) in [4.78, 5) is 16.4. The van der Waals surface area contributed by atoms with Gasteiger partial charge in [0.05, 0.1) is 12.2 Å². The largest absolute Gasteiger partial charge is 0.435 e. The molecular formula is C16H13F2N3O2. The van der Waals surface area contributed by atoms with Crippen LogP contribution in [0.5, 0.6) is 5.75 Å². The van der Waals surface area contributed by atoms with E-state index in [-0.39, 0.29) is 11.3 Å². The van der Waals surface area contributed by atoms with Gasteiger partial charge >= 0.3 is 6.61 Å². The van der Waals surface area contributed by atoms with Gasteiger partial charge in [-0.3, -0.25) is 9.20 Å². The van der Waals surface area contributed by atoms with E-state index < -0.39 is 6.61 Å². The zero-order chi connectivity index (χ0) is 16.2. The van der Waals surface area contributed by atoms with Crippen molar-refractivity contribution in [1.82, 2.24) is 9.38 Å². The van der Waals surface area contributed by atoms with Crippen molar-refractivity contribution in [2.24, 2.45) is 0 Å². The Kier molecular flexibility index (Phi) is 4.18. The first-order valence-electron chi connectivity index (χ1n) is 6.88. The molecule has 0 aliphatic rings. The fourth-order valence-electron chi connectivity index (χ4n) is 2.14. The molecule has 7 heteroatoms. The van der Waals surface area contributed by atoms with Crippen molar-refractivity contribution >= 4 is 11.3 Å². The molecule has 1 aromatic carbocycles. The maximum absolute atomic E-state index is 12.1. The summed E-state index contributed by atoms with van der Waals surface area (Å²) in [6, 6.07) is 12.9. The van der Waals surface area contributed by atoms with Gasteiger partial charge in [0.15, 0.2) is 0 Å². The monoisotopic (exact) mass is 317 g/mol. The van der Waals surface area contributed by atoms with Gasteiger partial charge in [-0.2, -0.15) is 8.78 Å². The second-order valence-electron chi connectivity index (χ2n) is 4.77. The number of halogens is 2. The first kappa shape index (κ1) is 15.0. The maximum Gasteiger partial charge on any atom is 0.387 e. The SMILES string of the molecule is O=c1cc(CNc2ccc(OC(F)F)cc2)nc2ccccn12. The predicted molar refractivity (Wildman–Crippen MR) is 81.9 cm³/mol. The van der Waals surface area contributed by atoms with E-state index in [4.69, 9.17) is 0 Å². The number of anilines is 1. The number of nitrogens with zero attached hydrogens (tertiary/aromatic N) is 2. The van der Waals surface area contributed by atoms with E-state index in [2.05, 4.69) is 15.0 Å². The van der Waals surface area contributed by atoms with Crippen molar-refractivity contribution in [1.29, 1.82) is 0 Å². The van der Waals surface area contributed by atoms with Gasteiger partial charge in [0, 0.05) is 18.0 Å². The Balaban J connectivity index is 1.72. The molecule has 0 bridgehead atoms. The number of benzene rings is 1. The summed E-state index contributed by atoms with van der Waals surface area (Å²) in [5.41, 5.74) is 1.71. The van der Waals surface area contributed by atoms with E-state index in [1.807, 2.05) is 0 Å². The van der Waals surface area contributed by atoms with Crippen LogP contribution in [0.15, 0.2) is 59.5 Å². The van der Waals surface area contributed by atoms with E-state index in [9.17, 15) is 13.6 Å². The lowest BCUT2D eigenvalue weighted by molar-refractivity contribution is -0.0498. The highest BCUT2D eigenvalue weighted by Crippen LogP contribution is 2.18. The van der Waals surface area contributed by atoms with Crippen LogP contribution in [0.25, 0.3) is 5.65 Å². The summed E-state index contributed by atoms with van der Waals surface area (Å²) in [5, 5.41) is 3.08. The molecule has 1 N–H and O–H groups in total. The molecule has 3 aromatic rings. The second-order valence-corrected chi connectivity index (χ2v) is 4.77. The topological polar surface area (TPSA) is 55.6 Å². The average Bonchev–Trinajstić information content (AvgIpc) is 2.54. The molecule has 0 aliphatic carbocycles. The van der Waals surface area contributed by atoms with Gasteiger partial charge < -0.3 is 10.1 Å². The summed E-state index contributed by atoms with van der Waals surface area (Å²) >= 11 is 0. The minimum Gasteiger partial charge on any atom is -0.435 e. The van der Waals surface area contributed by atoms with Crippen LogP contribution in [0, 0.1) is 0 Å². The van der Waals surface area contributed by atoms with Crippen molar-refractivity contribution in [3.8, 4) is 5.75 Å². The van der Waals surface area contributed by atoms with Gasteiger partial charge in [-0.1, -0.05) is 6.07 Å². The van der Waals surface area contributed by atoms with Crippen molar-refractivity contribution < 1.29 is 13.5 Å². The Morgan fingerprint density at radius 3 is 2.70 bits per heavy atom. The van der Waals surface area contributed by atoms with E-state index >= 15 is 0 Å². The molecular weight excluding hydrogens is 304 g/mol. The third kappa shape index (κ3) is 3.63. The Morgan fingerprint density at radius 1 is 1.17 bits per heavy atom. The van der Waals surface area contributed by atoms with E-state index in [1.54, 1.807) is 36.5 Å². The first-order valence-corrected chi connectivity index (χ1v) is 6.88.